The maximum atomic E-state index is 12.3. The molecule has 0 radical (unpaired) electrons. The van der Waals surface area contributed by atoms with Crippen LogP contribution in [0.3, 0.4) is 0 Å². The van der Waals surface area contributed by atoms with Crippen molar-refractivity contribution in [2.24, 2.45) is 0 Å². The van der Waals surface area contributed by atoms with E-state index in [1.165, 1.54) is 0 Å². The molecule has 0 fully saturated rings. The number of nitrogens with zero attached hydrogens (tertiary/aromatic N) is 3. The molecule has 2 heterocycles. The van der Waals surface area contributed by atoms with Gasteiger partial charge in [0.05, 0.1) is 17.9 Å². The largest absolute Gasteiger partial charge is 0.445 e. The second-order valence-corrected chi connectivity index (χ2v) is 6.48. The number of aromatic nitrogens is 2. The highest BCUT2D eigenvalue weighted by Crippen LogP contribution is 2.20. The van der Waals surface area contributed by atoms with Gasteiger partial charge in [-0.25, -0.2) is 4.79 Å². The van der Waals surface area contributed by atoms with Crippen molar-refractivity contribution >= 4 is 29.3 Å². The van der Waals surface area contributed by atoms with Crippen LogP contribution in [0.25, 0.3) is 0 Å². The van der Waals surface area contributed by atoms with Crippen molar-refractivity contribution < 1.29 is 9.53 Å². The molecule has 1 aromatic heterocycles. The number of aryl methyl sites for hydroxylation is 2. The molecule has 0 unspecified atom stereocenters. The first-order valence-corrected chi connectivity index (χ1v) is 8.17. The summed E-state index contributed by atoms with van der Waals surface area (Å²) in [6, 6.07) is 7.12. The Morgan fingerprint density at radius 1 is 1.22 bits per heavy atom. The van der Waals surface area contributed by atoms with Gasteiger partial charge in [0.2, 0.25) is 0 Å². The number of hydrogen-bond donors (Lipinski definition) is 0. The molecule has 23 heavy (non-hydrogen) atoms. The normalized spacial score (nSPS) is 14.3. The molecule has 1 aromatic carbocycles. The molecule has 0 saturated carbocycles. The Labute approximate surface area is 144 Å². The Bertz CT molecular complexity index is 710. The zero-order valence-electron chi connectivity index (χ0n) is 12.8. The fraction of sp³-hybridized carbons (Fsp3) is 0.375. The van der Waals surface area contributed by atoms with Crippen LogP contribution in [-0.4, -0.2) is 27.3 Å². The zero-order valence-corrected chi connectivity index (χ0v) is 14.3. The Balaban J connectivity index is 1.64. The number of amides is 1. The third-order valence-corrected chi connectivity index (χ3v) is 4.12. The van der Waals surface area contributed by atoms with Gasteiger partial charge in [-0.15, -0.1) is 0 Å². The lowest BCUT2D eigenvalue weighted by Crippen LogP contribution is -2.31. The van der Waals surface area contributed by atoms with Crippen LogP contribution < -0.4 is 0 Å². The van der Waals surface area contributed by atoms with Gasteiger partial charge in [-0.2, -0.15) is 5.10 Å². The molecule has 5 nitrogen and oxygen atoms in total. The number of fused-ring (bicyclic) bond motifs is 1. The first-order chi connectivity index (χ1) is 11.0. The van der Waals surface area contributed by atoms with E-state index in [1.54, 1.807) is 23.1 Å². The fourth-order valence-corrected chi connectivity index (χ4v) is 3.26. The molecule has 1 aliphatic heterocycles. The Hall–Kier alpha value is -1.72. The van der Waals surface area contributed by atoms with Crippen LogP contribution in [0.15, 0.2) is 24.3 Å². The lowest BCUT2D eigenvalue weighted by molar-refractivity contribution is 0.0942. The number of hydrogen-bond acceptors (Lipinski definition) is 3. The van der Waals surface area contributed by atoms with Gasteiger partial charge in [-0.05, 0) is 43.2 Å². The summed E-state index contributed by atoms with van der Waals surface area (Å²) in [7, 11) is 0. The summed E-state index contributed by atoms with van der Waals surface area (Å²) in [5.41, 5.74) is 2.76. The molecule has 122 valence electrons. The minimum absolute atomic E-state index is 0.147. The minimum atomic E-state index is -0.339. The predicted octanol–water partition coefficient (Wildman–Crippen LogP) is 4.04. The molecule has 0 saturated heterocycles. The average molecular weight is 354 g/mol. The van der Waals surface area contributed by atoms with Gasteiger partial charge >= 0.3 is 6.09 Å². The van der Waals surface area contributed by atoms with Crippen LogP contribution >= 0.6 is 23.2 Å². The summed E-state index contributed by atoms with van der Waals surface area (Å²) in [5.74, 6) is 0. The maximum absolute atomic E-state index is 12.3. The Kier molecular flexibility index (Phi) is 4.78. The number of halogens is 2. The summed E-state index contributed by atoms with van der Waals surface area (Å²) in [6.07, 6.45) is 0.514. The number of ether oxygens (including phenoxy) is 1. The summed E-state index contributed by atoms with van der Waals surface area (Å²) in [5, 5.41) is 5.48. The SMILES string of the molecule is Cc1cc2n(n1)CCCN(C(=O)OCc1cc(Cl)cc(Cl)c1)C2. The van der Waals surface area contributed by atoms with Gasteiger partial charge in [0.1, 0.15) is 6.61 Å². The number of carbonyl (C=O) groups is 1. The van der Waals surface area contributed by atoms with Crippen molar-refractivity contribution in [2.45, 2.75) is 33.0 Å². The second kappa shape index (κ2) is 6.81. The van der Waals surface area contributed by atoms with Gasteiger partial charge < -0.3 is 9.64 Å². The predicted molar refractivity (Wildman–Crippen MR) is 88.6 cm³/mol. The van der Waals surface area contributed by atoms with E-state index in [9.17, 15) is 4.79 Å². The maximum Gasteiger partial charge on any atom is 0.410 e. The van der Waals surface area contributed by atoms with Crippen molar-refractivity contribution in [3.05, 3.63) is 51.3 Å². The quantitative estimate of drug-likeness (QED) is 0.818. The molecule has 0 bridgehead atoms. The van der Waals surface area contributed by atoms with E-state index in [2.05, 4.69) is 5.10 Å². The van der Waals surface area contributed by atoms with E-state index in [0.717, 1.165) is 29.9 Å². The summed E-state index contributed by atoms with van der Waals surface area (Å²) >= 11 is 11.9. The minimum Gasteiger partial charge on any atom is -0.445 e. The summed E-state index contributed by atoms with van der Waals surface area (Å²) in [6.45, 7) is 4.07. The molecule has 1 amide bonds. The lowest BCUT2D eigenvalue weighted by atomic mass is 10.2. The molecule has 1 aliphatic rings. The first kappa shape index (κ1) is 16.1. The zero-order chi connectivity index (χ0) is 16.4. The van der Waals surface area contributed by atoms with Crippen LogP contribution in [-0.2, 0) is 24.4 Å². The number of rotatable bonds is 2. The molecule has 0 spiro atoms. The van der Waals surface area contributed by atoms with Crippen LogP contribution in [0.2, 0.25) is 10.0 Å². The van der Waals surface area contributed by atoms with Gasteiger partial charge in [-0.1, -0.05) is 23.2 Å². The second-order valence-electron chi connectivity index (χ2n) is 5.61. The van der Waals surface area contributed by atoms with Gasteiger partial charge in [0.15, 0.2) is 0 Å². The number of benzene rings is 1. The Morgan fingerprint density at radius 3 is 2.70 bits per heavy atom. The van der Waals surface area contributed by atoms with E-state index in [0.29, 0.717) is 23.1 Å². The average Bonchev–Trinajstić information content (AvgIpc) is 2.70. The molecular weight excluding hydrogens is 337 g/mol. The third kappa shape index (κ3) is 3.98. The summed E-state index contributed by atoms with van der Waals surface area (Å²) < 4.78 is 7.35. The molecule has 2 aromatic rings. The van der Waals surface area contributed by atoms with E-state index in [-0.39, 0.29) is 12.7 Å². The first-order valence-electron chi connectivity index (χ1n) is 7.41. The standard InChI is InChI=1S/C16H17Cl2N3O2/c1-11-5-15-9-20(3-2-4-21(15)19-11)16(22)23-10-12-6-13(17)8-14(18)7-12/h5-8H,2-4,9-10H2,1H3. The molecular formula is C16H17Cl2N3O2. The fourth-order valence-electron chi connectivity index (χ4n) is 2.69. The monoisotopic (exact) mass is 353 g/mol. The van der Waals surface area contributed by atoms with Crippen LogP contribution in [0.1, 0.15) is 23.4 Å². The van der Waals surface area contributed by atoms with E-state index in [4.69, 9.17) is 27.9 Å². The highest BCUT2D eigenvalue weighted by atomic mass is 35.5. The van der Waals surface area contributed by atoms with Gasteiger partial charge in [0, 0.05) is 23.1 Å². The lowest BCUT2D eigenvalue weighted by Gasteiger charge is -2.19. The van der Waals surface area contributed by atoms with Gasteiger partial charge in [-0.3, -0.25) is 4.68 Å². The topological polar surface area (TPSA) is 47.4 Å². The van der Waals surface area contributed by atoms with E-state index >= 15 is 0 Å². The van der Waals surface area contributed by atoms with E-state index in [1.807, 2.05) is 17.7 Å². The molecule has 0 aliphatic carbocycles. The molecule has 7 heteroatoms. The van der Waals surface area contributed by atoms with E-state index < -0.39 is 0 Å². The van der Waals surface area contributed by atoms with Crippen LogP contribution in [0.4, 0.5) is 4.79 Å². The molecule has 3 rings (SSSR count). The molecule has 0 atom stereocenters. The van der Waals surface area contributed by atoms with Crippen molar-refractivity contribution in [1.29, 1.82) is 0 Å². The smallest absolute Gasteiger partial charge is 0.410 e. The number of carbonyl (C=O) groups excluding carboxylic acids is 1. The highest BCUT2D eigenvalue weighted by molar-refractivity contribution is 6.34. The van der Waals surface area contributed by atoms with Crippen LogP contribution in [0.5, 0.6) is 0 Å². The highest BCUT2D eigenvalue weighted by Gasteiger charge is 2.21. The summed E-state index contributed by atoms with van der Waals surface area (Å²) in [4.78, 5) is 14.0. The van der Waals surface area contributed by atoms with Crippen LogP contribution in [0, 0.1) is 6.92 Å². The van der Waals surface area contributed by atoms with Gasteiger partial charge in [0.25, 0.3) is 0 Å². The third-order valence-electron chi connectivity index (χ3n) is 3.68. The molecule has 0 N–H and O–H groups in total. The van der Waals surface area contributed by atoms with Crippen molar-refractivity contribution in [1.82, 2.24) is 14.7 Å². The van der Waals surface area contributed by atoms with Crippen molar-refractivity contribution in [3.63, 3.8) is 0 Å². The van der Waals surface area contributed by atoms with Crippen molar-refractivity contribution in [2.75, 3.05) is 6.54 Å². The Morgan fingerprint density at radius 2 is 1.96 bits per heavy atom. The van der Waals surface area contributed by atoms with Crippen molar-refractivity contribution in [3.8, 4) is 0 Å².